The summed E-state index contributed by atoms with van der Waals surface area (Å²) in [6.07, 6.45) is 1.41. The summed E-state index contributed by atoms with van der Waals surface area (Å²) in [5, 5.41) is 6.28. The largest absolute Gasteiger partial charge is 0.368 e. The number of nitrogens with zero attached hydrogens (tertiary/aromatic N) is 2. The molecule has 138 valence electrons. The van der Waals surface area contributed by atoms with Crippen LogP contribution in [0.1, 0.15) is 49.7 Å². The molecule has 1 atom stereocenters. The molecule has 0 bridgehead atoms. The molecule has 2 heterocycles. The zero-order valence-corrected chi connectivity index (χ0v) is 15.6. The molecule has 0 spiro atoms. The molecule has 1 fully saturated rings. The minimum atomic E-state index is -0.324. The van der Waals surface area contributed by atoms with E-state index >= 15 is 0 Å². The number of anilines is 2. The van der Waals surface area contributed by atoms with Crippen molar-refractivity contribution in [3.63, 3.8) is 0 Å². The van der Waals surface area contributed by atoms with Crippen molar-refractivity contribution in [1.82, 2.24) is 9.97 Å². The van der Waals surface area contributed by atoms with Gasteiger partial charge in [-0.25, -0.2) is 9.97 Å². The van der Waals surface area contributed by atoms with E-state index in [1.54, 1.807) is 0 Å². The molecule has 6 heteroatoms. The van der Waals surface area contributed by atoms with Crippen LogP contribution in [0, 0.1) is 6.92 Å². The van der Waals surface area contributed by atoms with Gasteiger partial charge in [0.25, 0.3) is 5.91 Å². The van der Waals surface area contributed by atoms with E-state index in [2.05, 4.69) is 34.4 Å². The SMILES string of the molecule is Cc1cc(NCc2cccc(NC(=O)C3CCCO3)c2)nc(C(C)C)n1. The van der Waals surface area contributed by atoms with Crippen LogP contribution in [-0.4, -0.2) is 28.6 Å². The van der Waals surface area contributed by atoms with Gasteiger partial charge in [-0.3, -0.25) is 4.79 Å². The van der Waals surface area contributed by atoms with E-state index in [-0.39, 0.29) is 17.9 Å². The molecule has 26 heavy (non-hydrogen) atoms. The molecule has 1 amide bonds. The van der Waals surface area contributed by atoms with Crippen molar-refractivity contribution in [3.05, 3.63) is 47.4 Å². The van der Waals surface area contributed by atoms with Crippen LogP contribution in [0.5, 0.6) is 0 Å². The van der Waals surface area contributed by atoms with Gasteiger partial charge in [0.15, 0.2) is 0 Å². The number of aromatic nitrogens is 2. The van der Waals surface area contributed by atoms with Crippen molar-refractivity contribution in [2.45, 2.75) is 52.2 Å². The molecule has 1 aliphatic rings. The number of carbonyl (C=O) groups is 1. The van der Waals surface area contributed by atoms with Gasteiger partial charge < -0.3 is 15.4 Å². The summed E-state index contributed by atoms with van der Waals surface area (Å²) in [6.45, 7) is 7.42. The highest BCUT2D eigenvalue weighted by Crippen LogP contribution is 2.18. The summed E-state index contributed by atoms with van der Waals surface area (Å²) >= 11 is 0. The molecular formula is C20H26N4O2. The Morgan fingerprint density at radius 1 is 1.31 bits per heavy atom. The Balaban J connectivity index is 1.63. The average Bonchev–Trinajstić information content (AvgIpc) is 3.14. The Bertz CT molecular complexity index is 770. The summed E-state index contributed by atoms with van der Waals surface area (Å²) < 4.78 is 5.43. The molecule has 0 aliphatic carbocycles. The zero-order valence-electron chi connectivity index (χ0n) is 15.6. The van der Waals surface area contributed by atoms with Crippen molar-refractivity contribution in [3.8, 4) is 0 Å². The smallest absolute Gasteiger partial charge is 0.253 e. The number of benzene rings is 1. The molecule has 2 N–H and O–H groups in total. The van der Waals surface area contributed by atoms with Crippen molar-refractivity contribution < 1.29 is 9.53 Å². The molecular weight excluding hydrogens is 328 g/mol. The van der Waals surface area contributed by atoms with Crippen LogP contribution < -0.4 is 10.6 Å². The van der Waals surface area contributed by atoms with E-state index in [4.69, 9.17) is 4.74 Å². The summed E-state index contributed by atoms with van der Waals surface area (Å²) in [7, 11) is 0. The number of hydrogen-bond donors (Lipinski definition) is 2. The summed E-state index contributed by atoms with van der Waals surface area (Å²) in [5.41, 5.74) is 2.80. The summed E-state index contributed by atoms with van der Waals surface area (Å²) in [5.74, 6) is 1.87. The highest BCUT2D eigenvalue weighted by Gasteiger charge is 2.23. The molecule has 1 saturated heterocycles. The average molecular weight is 354 g/mol. The fourth-order valence-electron chi connectivity index (χ4n) is 2.90. The molecule has 1 aliphatic heterocycles. The topological polar surface area (TPSA) is 76.1 Å². The Kier molecular flexibility index (Phi) is 5.83. The third-order valence-corrected chi connectivity index (χ3v) is 4.28. The van der Waals surface area contributed by atoms with Crippen LogP contribution in [0.15, 0.2) is 30.3 Å². The number of amides is 1. The molecule has 3 rings (SSSR count). The van der Waals surface area contributed by atoms with Gasteiger partial charge in [0.2, 0.25) is 0 Å². The maximum absolute atomic E-state index is 12.2. The van der Waals surface area contributed by atoms with Crippen molar-refractivity contribution in [2.75, 3.05) is 17.2 Å². The minimum Gasteiger partial charge on any atom is -0.368 e. The summed E-state index contributed by atoms with van der Waals surface area (Å²) in [4.78, 5) is 21.2. The lowest BCUT2D eigenvalue weighted by Crippen LogP contribution is -2.26. The quantitative estimate of drug-likeness (QED) is 0.828. The second-order valence-electron chi connectivity index (χ2n) is 6.95. The normalized spacial score (nSPS) is 16.7. The second-order valence-corrected chi connectivity index (χ2v) is 6.95. The highest BCUT2D eigenvalue weighted by atomic mass is 16.5. The van der Waals surface area contributed by atoms with E-state index in [1.807, 2.05) is 37.3 Å². The lowest BCUT2D eigenvalue weighted by atomic mass is 10.1. The van der Waals surface area contributed by atoms with Gasteiger partial charge in [0.05, 0.1) is 0 Å². The standard InChI is InChI=1S/C20H26N4O2/c1-13(2)19-22-14(3)10-18(24-19)21-12-15-6-4-7-16(11-15)23-20(25)17-8-5-9-26-17/h4,6-7,10-11,13,17H,5,8-9,12H2,1-3H3,(H,23,25)(H,21,22,24). The molecule has 1 unspecified atom stereocenters. The van der Waals surface area contributed by atoms with Crippen molar-refractivity contribution in [1.29, 1.82) is 0 Å². The van der Waals surface area contributed by atoms with Gasteiger partial charge in [-0.05, 0) is 37.5 Å². The predicted octanol–water partition coefficient (Wildman–Crippen LogP) is 3.64. The monoisotopic (exact) mass is 354 g/mol. The lowest BCUT2D eigenvalue weighted by Gasteiger charge is -2.13. The van der Waals surface area contributed by atoms with Crippen LogP contribution >= 0.6 is 0 Å². The maximum atomic E-state index is 12.2. The Morgan fingerprint density at radius 3 is 2.88 bits per heavy atom. The van der Waals surface area contributed by atoms with Crippen molar-refractivity contribution >= 4 is 17.4 Å². The minimum absolute atomic E-state index is 0.0689. The third-order valence-electron chi connectivity index (χ3n) is 4.28. The fourth-order valence-corrected chi connectivity index (χ4v) is 2.90. The lowest BCUT2D eigenvalue weighted by molar-refractivity contribution is -0.124. The Hall–Kier alpha value is -2.47. The maximum Gasteiger partial charge on any atom is 0.253 e. The zero-order chi connectivity index (χ0) is 18.5. The van der Waals surface area contributed by atoms with Crippen molar-refractivity contribution in [2.24, 2.45) is 0 Å². The molecule has 6 nitrogen and oxygen atoms in total. The number of aryl methyl sites for hydroxylation is 1. The van der Waals surface area contributed by atoms with Gasteiger partial charge in [0, 0.05) is 36.5 Å². The second kappa shape index (κ2) is 8.27. The number of carbonyl (C=O) groups excluding carboxylic acids is 1. The van der Waals surface area contributed by atoms with E-state index in [1.165, 1.54) is 0 Å². The van der Waals surface area contributed by atoms with E-state index in [0.717, 1.165) is 41.4 Å². The highest BCUT2D eigenvalue weighted by molar-refractivity contribution is 5.94. The number of ether oxygens (including phenoxy) is 1. The van der Waals surface area contributed by atoms with E-state index in [9.17, 15) is 4.79 Å². The molecule has 2 aromatic rings. The number of nitrogens with one attached hydrogen (secondary N) is 2. The first-order chi connectivity index (χ1) is 12.5. The third kappa shape index (κ3) is 4.79. The van der Waals surface area contributed by atoms with Crippen LogP contribution in [0.2, 0.25) is 0 Å². The first kappa shape index (κ1) is 18.3. The first-order valence-electron chi connectivity index (χ1n) is 9.12. The molecule has 0 radical (unpaired) electrons. The van der Waals surface area contributed by atoms with Gasteiger partial charge >= 0.3 is 0 Å². The Labute approximate surface area is 154 Å². The molecule has 0 saturated carbocycles. The first-order valence-corrected chi connectivity index (χ1v) is 9.12. The van der Waals surface area contributed by atoms with Gasteiger partial charge in [0.1, 0.15) is 17.7 Å². The fraction of sp³-hybridized carbons (Fsp3) is 0.450. The Morgan fingerprint density at radius 2 is 2.15 bits per heavy atom. The number of hydrogen-bond acceptors (Lipinski definition) is 5. The van der Waals surface area contributed by atoms with Gasteiger partial charge in [-0.2, -0.15) is 0 Å². The predicted molar refractivity (Wildman–Crippen MR) is 102 cm³/mol. The molecule has 1 aromatic heterocycles. The van der Waals surface area contributed by atoms with Crippen LogP contribution in [0.3, 0.4) is 0 Å². The number of rotatable bonds is 6. The van der Waals surface area contributed by atoms with E-state index < -0.39 is 0 Å². The van der Waals surface area contributed by atoms with Gasteiger partial charge in [-0.1, -0.05) is 26.0 Å². The van der Waals surface area contributed by atoms with Crippen LogP contribution in [-0.2, 0) is 16.1 Å². The van der Waals surface area contributed by atoms with Crippen LogP contribution in [0.25, 0.3) is 0 Å². The van der Waals surface area contributed by atoms with E-state index in [0.29, 0.717) is 13.2 Å². The molecule has 1 aromatic carbocycles. The summed E-state index contributed by atoms with van der Waals surface area (Å²) in [6, 6.07) is 9.76. The van der Waals surface area contributed by atoms with Crippen LogP contribution in [0.4, 0.5) is 11.5 Å². The van der Waals surface area contributed by atoms with Gasteiger partial charge in [-0.15, -0.1) is 0 Å².